The van der Waals surface area contributed by atoms with Crippen LogP contribution in [0.2, 0.25) is 0 Å². The number of nitrogens with zero attached hydrogens (tertiary/aromatic N) is 3. The molecule has 1 N–H and O–H groups in total. The minimum Gasteiger partial charge on any atom is -0.465 e. The lowest BCUT2D eigenvalue weighted by atomic mass is 10.1. The van der Waals surface area contributed by atoms with Crippen molar-refractivity contribution in [3.05, 3.63) is 71.2 Å². The molecular weight excluding hydrogens is 330 g/mol. The summed E-state index contributed by atoms with van der Waals surface area (Å²) >= 11 is 0. The average molecular weight is 351 g/mol. The maximum Gasteiger partial charge on any atom is 0.337 e. The summed E-state index contributed by atoms with van der Waals surface area (Å²) in [5, 5.41) is 9.64. The number of ether oxygens (including phenoxy) is 1. The van der Waals surface area contributed by atoms with E-state index in [0.29, 0.717) is 29.3 Å². The minimum atomic E-state index is -0.422. The van der Waals surface area contributed by atoms with E-state index < -0.39 is 5.97 Å². The van der Waals surface area contributed by atoms with Gasteiger partial charge in [0, 0.05) is 12.7 Å². The molecule has 0 fully saturated rings. The Morgan fingerprint density at radius 1 is 1.19 bits per heavy atom. The van der Waals surface area contributed by atoms with Gasteiger partial charge in [-0.15, -0.1) is 0 Å². The van der Waals surface area contributed by atoms with Gasteiger partial charge in [0.25, 0.3) is 0 Å². The molecule has 0 aliphatic rings. The molecule has 0 bridgehead atoms. The number of rotatable bonds is 6. The number of aliphatic hydroxyl groups is 1. The second-order valence-corrected chi connectivity index (χ2v) is 6.04. The average Bonchev–Trinajstić information content (AvgIpc) is 3.10. The van der Waals surface area contributed by atoms with Crippen LogP contribution in [-0.4, -0.2) is 32.7 Å². The third kappa shape index (κ3) is 3.81. The molecule has 0 unspecified atom stereocenters. The van der Waals surface area contributed by atoms with Crippen LogP contribution in [0.15, 0.2) is 48.8 Å². The standard InChI is InChI=1S/C20H21N3O3/c1-14-3-5-15(6-4-14)8-10-23-17(13-24)12-22-19(23)18-11-16(7-9-21-18)20(25)26-2/h3-7,9,11-12,24H,8,10,13H2,1-2H3. The maximum absolute atomic E-state index is 11.8. The first-order valence-corrected chi connectivity index (χ1v) is 8.38. The Kier molecular flexibility index (Phi) is 5.43. The molecule has 3 rings (SSSR count). The van der Waals surface area contributed by atoms with Crippen LogP contribution in [0.4, 0.5) is 0 Å². The highest BCUT2D eigenvalue weighted by Crippen LogP contribution is 2.20. The zero-order valence-electron chi connectivity index (χ0n) is 14.8. The van der Waals surface area contributed by atoms with Crippen molar-refractivity contribution in [2.75, 3.05) is 7.11 Å². The number of aryl methyl sites for hydroxylation is 2. The molecule has 0 atom stereocenters. The number of esters is 1. The van der Waals surface area contributed by atoms with Gasteiger partial charge in [-0.05, 0) is 31.0 Å². The lowest BCUT2D eigenvalue weighted by Gasteiger charge is -2.11. The van der Waals surface area contributed by atoms with Gasteiger partial charge in [-0.1, -0.05) is 29.8 Å². The first-order valence-electron chi connectivity index (χ1n) is 8.38. The summed E-state index contributed by atoms with van der Waals surface area (Å²) in [5.74, 6) is 0.195. The van der Waals surface area contributed by atoms with E-state index in [4.69, 9.17) is 4.74 Å². The van der Waals surface area contributed by atoms with Crippen molar-refractivity contribution in [3.8, 4) is 11.5 Å². The van der Waals surface area contributed by atoms with Gasteiger partial charge in [-0.3, -0.25) is 4.98 Å². The molecular formula is C20H21N3O3. The highest BCUT2D eigenvalue weighted by molar-refractivity contribution is 5.90. The van der Waals surface area contributed by atoms with E-state index >= 15 is 0 Å². The molecule has 26 heavy (non-hydrogen) atoms. The third-order valence-corrected chi connectivity index (χ3v) is 4.26. The van der Waals surface area contributed by atoms with Crippen LogP contribution >= 0.6 is 0 Å². The molecule has 0 saturated heterocycles. The molecule has 1 aromatic carbocycles. The van der Waals surface area contributed by atoms with Crippen LogP contribution < -0.4 is 0 Å². The molecule has 0 aliphatic heterocycles. The Hall–Kier alpha value is -2.99. The van der Waals surface area contributed by atoms with Gasteiger partial charge in [-0.25, -0.2) is 9.78 Å². The highest BCUT2D eigenvalue weighted by atomic mass is 16.5. The van der Waals surface area contributed by atoms with Gasteiger partial charge < -0.3 is 14.4 Å². The summed E-state index contributed by atoms with van der Waals surface area (Å²) in [5.41, 5.74) is 4.11. The number of carbonyl (C=O) groups is 1. The number of aromatic nitrogens is 3. The monoisotopic (exact) mass is 351 g/mol. The summed E-state index contributed by atoms with van der Waals surface area (Å²) in [6.07, 6.45) is 3.99. The van der Waals surface area contributed by atoms with Crippen LogP contribution in [0.25, 0.3) is 11.5 Å². The fourth-order valence-corrected chi connectivity index (χ4v) is 2.78. The van der Waals surface area contributed by atoms with E-state index in [2.05, 4.69) is 41.2 Å². The molecule has 0 saturated carbocycles. The van der Waals surface area contributed by atoms with Crippen LogP contribution in [-0.2, 0) is 24.3 Å². The Labute approximate surface area is 152 Å². The summed E-state index contributed by atoms with van der Waals surface area (Å²) in [6, 6.07) is 11.6. The van der Waals surface area contributed by atoms with Crippen molar-refractivity contribution in [2.45, 2.75) is 26.5 Å². The molecule has 0 aliphatic carbocycles. The molecule has 0 amide bonds. The van der Waals surface area contributed by atoms with E-state index in [1.165, 1.54) is 18.2 Å². The first kappa shape index (κ1) is 17.8. The van der Waals surface area contributed by atoms with Gasteiger partial charge in [-0.2, -0.15) is 0 Å². The number of pyridine rings is 1. The normalized spacial score (nSPS) is 10.7. The second-order valence-electron chi connectivity index (χ2n) is 6.04. The largest absolute Gasteiger partial charge is 0.465 e. The van der Waals surface area contributed by atoms with Crippen molar-refractivity contribution in [2.24, 2.45) is 0 Å². The predicted octanol–water partition coefficient (Wildman–Crippen LogP) is 2.78. The molecule has 6 heteroatoms. The lowest BCUT2D eigenvalue weighted by molar-refractivity contribution is 0.0600. The number of hydrogen-bond donors (Lipinski definition) is 1. The molecule has 0 spiro atoms. The molecule has 2 aromatic heterocycles. The van der Waals surface area contributed by atoms with Gasteiger partial charge in [0.2, 0.25) is 0 Å². The Morgan fingerprint density at radius 2 is 1.96 bits per heavy atom. The summed E-state index contributed by atoms with van der Waals surface area (Å²) in [7, 11) is 1.34. The molecule has 6 nitrogen and oxygen atoms in total. The van der Waals surface area contributed by atoms with Crippen molar-refractivity contribution in [3.63, 3.8) is 0 Å². The predicted molar refractivity (Wildman–Crippen MR) is 97.6 cm³/mol. The quantitative estimate of drug-likeness (QED) is 0.691. The van der Waals surface area contributed by atoms with Crippen LogP contribution in [0.3, 0.4) is 0 Å². The zero-order valence-corrected chi connectivity index (χ0v) is 14.8. The number of methoxy groups -OCH3 is 1. The fourth-order valence-electron chi connectivity index (χ4n) is 2.78. The van der Waals surface area contributed by atoms with E-state index in [9.17, 15) is 9.90 Å². The molecule has 0 radical (unpaired) electrons. The minimum absolute atomic E-state index is 0.114. The Morgan fingerprint density at radius 3 is 2.65 bits per heavy atom. The first-order chi connectivity index (χ1) is 12.6. The molecule has 3 aromatic rings. The van der Waals surface area contributed by atoms with Crippen LogP contribution in [0.1, 0.15) is 27.2 Å². The maximum atomic E-state index is 11.8. The number of hydrogen-bond acceptors (Lipinski definition) is 5. The van der Waals surface area contributed by atoms with Gasteiger partial charge >= 0.3 is 5.97 Å². The van der Waals surface area contributed by atoms with Crippen LogP contribution in [0.5, 0.6) is 0 Å². The van der Waals surface area contributed by atoms with Crippen molar-refractivity contribution >= 4 is 5.97 Å². The number of carbonyl (C=O) groups excluding carboxylic acids is 1. The topological polar surface area (TPSA) is 77.2 Å². The smallest absolute Gasteiger partial charge is 0.337 e. The van der Waals surface area contributed by atoms with Gasteiger partial charge in [0.15, 0.2) is 5.82 Å². The van der Waals surface area contributed by atoms with Gasteiger partial charge in [0.1, 0.15) is 5.69 Å². The number of benzene rings is 1. The summed E-state index contributed by atoms with van der Waals surface area (Å²) < 4.78 is 6.70. The Bertz CT molecular complexity index is 901. The molecule has 2 heterocycles. The number of imidazole rings is 1. The van der Waals surface area contributed by atoms with E-state index in [0.717, 1.165) is 6.42 Å². The molecule has 134 valence electrons. The van der Waals surface area contributed by atoms with Crippen molar-refractivity contribution in [1.29, 1.82) is 0 Å². The second kappa shape index (κ2) is 7.93. The highest BCUT2D eigenvalue weighted by Gasteiger charge is 2.15. The summed E-state index contributed by atoms with van der Waals surface area (Å²) in [6.45, 7) is 2.59. The SMILES string of the molecule is COC(=O)c1ccnc(-c2ncc(CO)n2CCc2ccc(C)cc2)c1. The van der Waals surface area contributed by atoms with E-state index in [-0.39, 0.29) is 6.61 Å². The summed E-state index contributed by atoms with van der Waals surface area (Å²) in [4.78, 5) is 20.5. The van der Waals surface area contributed by atoms with E-state index in [1.807, 2.05) is 4.57 Å². The van der Waals surface area contributed by atoms with Crippen LogP contribution in [0, 0.1) is 6.92 Å². The van der Waals surface area contributed by atoms with E-state index in [1.54, 1.807) is 24.5 Å². The fraction of sp³-hybridized carbons (Fsp3) is 0.250. The van der Waals surface area contributed by atoms with Gasteiger partial charge in [0.05, 0.1) is 31.2 Å². The third-order valence-electron chi connectivity index (χ3n) is 4.26. The number of aliphatic hydroxyl groups excluding tert-OH is 1. The Balaban J connectivity index is 1.90. The van der Waals surface area contributed by atoms with Crippen molar-refractivity contribution in [1.82, 2.24) is 14.5 Å². The van der Waals surface area contributed by atoms with Crippen molar-refractivity contribution < 1.29 is 14.6 Å². The lowest BCUT2D eigenvalue weighted by Crippen LogP contribution is -2.09. The zero-order chi connectivity index (χ0) is 18.5.